The van der Waals surface area contributed by atoms with E-state index in [1.165, 1.54) is 0 Å². The molecule has 1 aliphatic carbocycles. The second-order valence-electron chi connectivity index (χ2n) is 18.2. The van der Waals surface area contributed by atoms with Gasteiger partial charge in [0.15, 0.2) is 28.8 Å². The van der Waals surface area contributed by atoms with Crippen molar-refractivity contribution in [2.45, 2.75) is 89.4 Å². The van der Waals surface area contributed by atoms with E-state index < -0.39 is 0 Å². The van der Waals surface area contributed by atoms with Gasteiger partial charge in [-0.2, -0.15) is 20.1 Å². The lowest BCUT2D eigenvalue weighted by molar-refractivity contribution is -0.0603. The maximum absolute atomic E-state index is 10.3. The third kappa shape index (κ3) is 9.72. The van der Waals surface area contributed by atoms with Crippen molar-refractivity contribution in [3.63, 3.8) is 0 Å². The van der Waals surface area contributed by atoms with Gasteiger partial charge in [-0.15, -0.1) is 5.10 Å². The summed E-state index contributed by atoms with van der Waals surface area (Å²) in [7, 11) is 4.73. The molecule has 10 rings (SSSR count). The van der Waals surface area contributed by atoms with Gasteiger partial charge >= 0.3 is 0 Å². The molecule has 6 aromatic heterocycles. The lowest BCUT2D eigenvalue weighted by Crippen LogP contribution is -2.34. The van der Waals surface area contributed by atoms with E-state index in [9.17, 15) is 10.2 Å². The van der Waals surface area contributed by atoms with Crippen LogP contribution in [0.25, 0.3) is 22.2 Å². The Balaban J connectivity index is 0.716. The lowest BCUT2D eigenvalue weighted by atomic mass is 9.84. The van der Waals surface area contributed by atoms with Crippen LogP contribution >= 0.6 is 0 Å². The number of aryl methyl sites for hydroxylation is 1. The quantitative estimate of drug-likeness (QED) is 0.0493. The van der Waals surface area contributed by atoms with Gasteiger partial charge in [-0.25, -0.2) is 19.2 Å². The molecular formula is C48H63N15O7. The summed E-state index contributed by atoms with van der Waals surface area (Å²) >= 11 is 0. The Morgan fingerprint density at radius 3 is 2.26 bits per heavy atom. The first-order valence-corrected chi connectivity index (χ1v) is 24.3. The number of fused-ring (bicyclic) bond motifs is 2. The number of aromatic nitrogens is 11. The van der Waals surface area contributed by atoms with Crippen molar-refractivity contribution in [3.05, 3.63) is 61.2 Å². The minimum Gasteiger partial charge on any atom is -0.493 e. The Hall–Kier alpha value is -6.75. The van der Waals surface area contributed by atoms with Gasteiger partial charge < -0.3 is 63.5 Å². The Kier molecular flexibility index (Phi) is 14.1. The van der Waals surface area contributed by atoms with E-state index in [4.69, 9.17) is 53.8 Å². The van der Waals surface area contributed by atoms with Crippen LogP contribution in [0.5, 0.6) is 17.2 Å². The minimum absolute atomic E-state index is 0.0270. The number of ether oxygens (including phenoxy) is 5. The van der Waals surface area contributed by atoms with E-state index in [1.54, 1.807) is 27.7 Å². The average Bonchev–Trinajstić information content (AvgIpc) is 4.26. The van der Waals surface area contributed by atoms with Gasteiger partial charge in [0, 0.05) is 50.3 Å². The fourth-order valence-corrected chi connectivity index (χ4v) is 10.3. The summed E-state index contributed by atoms with van der Waals surface area (Å²) in [5.41, 5.74) is 3.09. The molecule has 4 N–H and O–H groups in total. The Morgan fingerprint density at radius 1 is 0.771 bits per heavy atom. The number of hydrogen-bond acceptors (Lipinski definition) is 18. The van der Waals surface area contributed by atoms with Gasteiger partial charge in [0.1, 0.15) is 30.3 Å². The fraction of sp³-hybridized carbons (Fsp3) is 0.521. The van der Waals surface area contributed by atoms with Crippen molar-refractivity contribution in [2.75, 3.05) is 88.1 Å². The minimum atomic E-state index is -0.0542. The van der Waals surface area contributed by atoms with Gasteiger partial charge in [-0.05, 0) is 82.8 Å². The molecule has 3 aliphatic rings. The largest absolute Gasteiger partial charge is 0.493 e. The molecule has 0 radical (unpaired) electrons. The summed E-state index contributed by atoms with van der Waals surface area (Å²) in [5, 5.41) is 37.4. The highest BCUT2D eigenvalue weighted by Gasteiger charge is 2.31. The predicted octanol–water partition coefficient (Wildman–Crippen LogP) is 5.81. The van der Waals surface area contributed by atoms with Crippen molar-refractivity contribution in [2.24, 2.45) is 5.92 Å². The van der Waals surface area contributed by atoms with Crippen LogP contribution in [0.1, 0.15) is 69.5 Å². The molecule has 70 heavy (non-hydrogen) atoms. The van der Waals surface area contributed by atoms with Crippen LogP contribution in [0.15, 0.2) is 55.5 Å². The molecule has 1 saturated carbocycles. The third-order valence-corrected chi connectivity index (χ3v) is 14.0. The molecule has 2 aliphatic heterocycles. The van der Waals surface area contributed by atoms with Crippen molar-refractivity contribution in [1.82, 2.24) is 53.4 Å². The zero-order chi connectivity index (χ0) is 48.1. The number of nitrogens with one attached hydrogen (secondary N) is 2. The van der Waals surface area contributed by atoms with Crippen LogP contribution in [0.3, 0.4) is 0 Å². The third-order valence-electron chi connectivity index (χ3n) is 14.0. The number of aliphatic hydroxyl groups is 2. The second kappa shape index (κ2) is 21.1. The zero-order valence-corrected chi connectivity index (χ0v) is 40.3. The molecule has 0 spiro atoms. The maximum atomic E-state index is 10.3. The molecule has 22 heteroatoms. The molecule has 0 amide bonds. The molecule has 8 heterocycles. The molecule has 2 saturated heterocycles. The van der Waals surface area contributed by atoms with Gasteiger partial charge in [0.05, 0.1) is 89.1 Å². The average molecular weight is 962 g/mol. The van der Waals surface area contributed by atoms with Crippen molar-refractivity contribution >= 4 is 51.7 Å². The maximum Gasteiger partial charge on any atom is 0.245 e. The van der Waals surface area contributed by atoms with Gasteiger partial charge in [0.25, 0.3) is 0 Å². The van der Waals surface area contributed by atoms with Crippen LogP contribution in [-0.2, 0) is 16.0 Å². The SMILES string of the molecule is COc1cc(-n2cnc(Nc3nc(N4CCC[C@H]4CO)c4c(C)nn(CCOCOCCC5CCC(n6cnc(Nc7nc(N8CCC[C@H]8CO)nn8cccc78)c6)CC5)c4n3)c2)cc(OC)c1OC. The first-order valence-electron chi connectivity index (χ1n) is 24.3. The number of rotatable bonds is 21. The Bertz CT molecular complexity index is 2850. The monoisotopic (exact) mass is 962 g/mol. The zero-order valence-electron chi connectivity index (χ0n) is 40.3. The van der Waals surface area contributed by atoms with E-state index in [0.717, 1.165) is 105 Å². The van der Waals surface area contributed by atoms with Crippen LogP contribution in [-0.4, -0.2) is 143 Å². The molecule has 7 aromatic rings. The number of aliphatic hydroxyl groups excluding tert-OH is 2. The van der Waals surface area contributed by atoms with Crippen LogP contribution in [0.2, 0.25) is 0 Å². The Labute approximate surface area is 405 Å². The van der Waals surface area contributed by atoms with E-state index in [2.05, 4.69) is 36.2 Å². The van der Waals surface area contributed by atoms with E-state index >= 15 is 0 Å². The number of methoxy groups -OCH3 is 3. The number of hydrogen-bond donors (Lipinski definition) is 4. The predicted molar refractivity (Wildman–Crippen MR) is 262 cm³/mol. The summed E-state index contributed by atoms with van der Waals surface area (Å²) in [6, 6.07) is 7.99. The van der Waals surface area contributed by atoms with Crippen molar-refractivity contribution in [3.8, 4) is 22.9 Å². The number of anilines is 6. The molecule has 22 nitrogen and oxygen atoms in total. The van der Waals surface area contributed by atoms with E-state index in [0.29, 0.717) is 78.1 Å². The molecule has 372 valence electrons. The topological polar surface area (TPSA) is 227 Å². The van der Waals surface area contributed by atoms with Gasteiger partial charge in [-0.1, -0.05) is 0 Å². The van der Waals surface area contributed by atoms with Gasteiger partial charge in [-0.3, -0.25) is 0 Å². The normalized spacial score (nSPS) is 19.5. The first-order chi connectivity index (χ1) is 34.3. The number of benzene rings is 1. The summed E-state index contributed by atoms with van der Waals surface area (Å²) in [6.07, 6.45) is 18.6. The standard InChI is InChI=1S/C48H63N15O7/c1-31-42-45(60-16-5-8-34(60)26-64)54-47(52-41-25-59(29-50-41)36-22-38(66-2)43(68-4)39(23-36)67-3)55-46(42)63(56-31)19-21-70-30-69-20-15-32-11-13-33(14-12-32)58-24-40(49-28-58)51-44-37-10-7-18-62(37)57-48(53-44)61-17-6-9-35(61)27-65/h7,10,18,22-25,28-29,32-35,64-65H,5-6,8-9,11-17,19-21,26-27,30H2,1-4H3,(H,51,53,57)(H,52,54,55)/t32?,33?,34-,35-/m0/s1. The van der Waals surface area contributed by atoms with Crippen molar-refractivity contribution < 1.29 is 33.9 Å². The van der Waals surface area contributed by atoms with Crippen molar-refractivity contribution in [1.29, 1.82) is 0 Å². The highest BCUT2D eigenvalue weighted by atomic mass is 16.7. The van der Waals surface area contributed by atoms with E-state index in [-0.39, 0.29) is 32.1 Å². The molecule has 3 fully saturated rings. The molecule has 0 unspecified atom stereocenters. The van der Waals surface area contributed by atoms with Crippen LogP contribution in [0, 0.1) is 12.8 Å². The fourth-order valence-electron chi connectivity index (χ4n) is 10.3. The van der Waals surface area contributed by atoms with Crippen LogP contribution in [0.4, 0.5) is 35.2 Å². The van der Waals surface area contributed by atoms with E-state index in [1.807, 2.05) is 63.7 Å². The molecule has 1 aromatic carbocycles. The summed E-state index contributed by atoms with van der Waals surface area (Å²) in [5.74, 6) is 5.80. The summed E-state index contributed by atoms with van der Waals surface area (Å²) < 4.78 is 36.4. The second-order valence-corrected chi connectivity index (χ2v) is 18.2. The lowest BCUT2D eigenvalue weighted by Gasteiger charge is -2.29. The smallest absolute Gasteiger partial charge is 0.245 e. The first kappa shape index (κ1) is 47.0. The summed E-state index contributed by atoms with van der Waals surface area (Å²) in [6.45, 7) is 5.32. The highest BCUT2D eigenvalue weighted by Crippen LogP contribution is 2.40. The van der Waals surface area contributed by atoms with Crippen LogP contribution < -0.4 is 34.6 Å². The Morgan fingerprint density at radius 2 is 1.50 bits per heavy atom. The highest BCUT2D eigenvalue weighted by molar-refractivity contribution is 5.91. The molecular weight excluding hydrogens is 899 g/mol. The molecule has 2 atom stereocenters. The summed E-state index contributed by atoms with van der Waals surface area (Å²) in [4.78, 5) is 28.4. The number of imidazole rings is 2. The van der Waals surface area contributed by atoms with Gasteiger partial charge in [0.2, 0.25) is 17.6 Å². The molecule has 0 bridgehead atoms. The number of nitrogens with zero attached hydrogens (tertiary/aromatic N) is 13.